The Hall–Kier alpha value is -3.85. The fraction of sp³-hybridized carbons (Fsp3) is 0.261. The first-order valence-electron chi connectivity index (χ1n) is 10.3. The van der Waals surface area contributed by atoms with E-state index in [4.69, 9.17) is 19.2 Å². The van der Waals surface area contributed by atoms with E-state index in [0.29, 0.717) is 54.9 Å². The summed E-state index contributed by atoms with van der Waals surface area (Å²) in [6, 6.07) is 15.3. The Kier molecular flexibility index (Phi) is 5.24. The van der Waals surface area contributed by atoms with Gasteiger partial charge in [0.25, 0.3) is 5.56 Å². The minimum Gasteiger partial charge on any atom is -0.486 e. The van der Waals surface area contributed by atoms with Crippen LogP contribution >= 0.6 is 0 Å². The normalized spacial score (nSPS) is 12.9. The van der Waals surface area contributed by atoms with Crippen LogP contribution in [0.2, 0.25) is 0 Å². The maximum Gasteiger partial charge on any atom is 0.330 e. The summed E-state index contributed by atoms with van der Waals surface area (Å²) in [6.07, 6.45) is 0. The SMILES string of the molecule is COCCn1c(=O)[nH]c(=O)c2c1nc(-c1ccc3c(c1)OCCO3)n2Cc1ccccc1. The summed E-state index contributed by atoms with van der Waals surface area (Å²) in [4.78, 5) is 32.6. The van der Waals surface area contributed by atoms with Crippen LogP contribution in [0.25, 0.3) is 22.6 Å². The van der Waals surface area contributed by atoms with Crippen molar-refractivity contribution in [3.63, 3.8) is 0 Å². The lowest BCUT2D eigenvalue weighted by atomic mass is 10.1. The molecule has 0 spiro atoms. The predicted octanol–water partition coefficient (Wildman–Crippen LogP) is 2.02. The zero-order valence-electron chi connectivity index (χ0n) is 17.5. The number of methoxy groups -OCH3 is 1. The lowest BCUT2D eigenvalue weighted by Gasteiger charge is -2.19. The molecule has 0 atom stereocenters. The van der Waals surface area contributed by atoms with Crippen molar-refractivity contribution < 1.29 is 14.2 Å². The molecule has 32 heavy (non-hydrogen) atoms. The topological polar surface area (TPSA) is 100 Å². The number of benzene rings is 2. The molecule has 0 saturated carbocycles. The molecule has 0 saturated heterocycles. The van der Waals surface area contributed by atoms with Crippen LogP contribution in [0.15, 0.2) is 58.1 Å². The third kappa shape index (κ3) is 3.56. The first-order valence-corrected chi connectivity index (χ1v) is 10.3. The van der Waals surface area contributed by atoms with Gasteiger partial charge in [0.15, 0.2) is 22.7 Å². The van der Waals surface area contributed by atoms with Crippen LogP contribution < -0.4 is 20.7 Å². The predicted molar refractivity (Wildman–Crippen MR) is 118 cm³/mol. The van der Waals surface area contributed by atoms with Crippen molar-refractivity contribution in [2.75, 3.05) is 26.9 Å². The van der Waals surface area contributed by atoms with Crippen LogP contribution in [0.3, 0.4) is 0 Å². The fourth-order valence-electron chi connectivity index (χ4n) is 3.89. The zero-order chi connectivity index (χ0) is 22.1. The number of rotatable bonds is 6. The third-order valence-corrected chi connectivity index (χ3v) is 5.39. The highest BCUT2D eigenvalue weighted by atomic mass is 16.6. The van der Waals surface area contributed by atoms with Crippen LogP contribution in [-0.2, 0) is 17.8 Å². The smallest absolute Gasteiger partial charge is 0.330 e. The summed E-state index contributed by atoms with van der Waals surface area (Å²) in [5.41, 5.74) is 1.40. The van der Waals surface area contributed by atoms with E-state index in [2.05, 4.69) is 4.98 Å². The van der Waals surface area contributed by atoms with Gasteiger partial charge in [-0.2, -0.15) is 0 Å². The molecule has 3 heterocycles. The summed E-state index contributed by atoms with van der Waals surface area (Å²) in [6.45, 7) is 1.96. The zero-order valence-corrected chi connectivity index (χ0v) is 17.5. The number of hydrogen-bond donors (Lipinski definition) is 1. The number of nitrogens with one attached hydrogen (secondary N) is 1. The third-order valence-electron chi connectivity index (χ3n) is 5.39. The Bertz CT molecular complexity index is 1390. The maximum atomic E-state index is 12.9. The van der Waals surface area contributed by atoms with Crippen LogP contribution in [0.5, 0.6) is 11.5 Å². The van der Waals surface area contributed by atoms with Gasteiger partial charge in [0.2, 0.25) is 0 Å². The van der Waals surface area contributed by atoms with Crippen molar-refractivity contribution in [3.8, 4) is 22.9 Å². The van der Waals surface area contributed by atoms with Gasteiger partial charge < -0.3 is 18.8 Å². The summed E-state index contributed by atoms with van der Waals surface area (Å²) in [7, 11) is 1.56. The van der Waals surface area contributed by atoms with E-state index in [1.54, 1.807) is 7.11 Å². The van der Waals surface area contributed by atoms with Crippen LogP contribution in [0, 0.1) is 0 Å². The number of aromatic amines is 1. The Balaban J connectivity index is 1.75. The van der Waals surface area contributed by atoms with Crippen molar-refractivity contribution in [3.05, 3.63) is 74.9 Å². The van der Waals surface area contributed by atoms with Gasteiger partial charge >= 0.3 is 5.69 Å². The van der Waals surface area contributed by atoms with Crippen molar-refractivity contribution in [1.29, 1.82) is 0 Å². The van der Waals surface area contributed by atoms with E-state index >= 15 is 0 Å². The van der Waals surface area contributed by atoms with E-state index in [0.717, 1.165) is 11.1 Å². The first-order chi connectivity index (χ1) is 15.7. The molecule has 1 aliphatic rings. The van der Waals surface area contributed by atoms with Crippen LogP contribution in [0.1, 0.15) is 5.56 Å². The summed E-state index contributed by atoms with van der Waals surface area (Å²) >= 11 is 0. The number of H-pyrrole nitrogens is 1. The monoisotopic (exact) mass is 434 g/mol. The largest absolute Gasteiger partial charge is 0.486 e. The molecule has 164 valence electrons. The molecular weight excluding hydrogens is 412 g/mol. The Morgan fingerprint density at radius 2 is 1.81 bits per heavy atom. The average molecular weight is 434 g/mol. The molecule has 9 heteroatoms. The fourth-order valence-corrected chi connectivity index (χ4v) is 3.89. The van der Waals surface area contributed by atoms with Gasteiger partial charge in [-0.3, -0.25) is 14.3 Å². The van der Waals surface area contributed by atoms with Gasteiger partial charge in [-0.05, 0) is 23.8 Å². The Morgan fingerprint density at radius 3 is 2.59 bits per heavy atom. The second-order valence-electron chi connectivity index (χ2n) is 7.44. The van der Waals surface area contributed by atoms with Crippen LogP contribution in [0.4, 0.5) is 0 Å². The standard InChI is InChI=1S/C23H22N4O5/c1-30-10-9-26-21-19(22(28)25-23(26)29)27(14-15-5-3-2-4-6-15)20(24-21)16-7-8-17-18(13-16)32-12-11-31-17/h2-8,13H,9-12,14H2,1H3,(H,25,28,29). The number of fused-ring (bicyclic) bond motifs is 2. The highest BCUT2D eigenvalue weighted by Crippen LogP contribution is 2.35. The van der Waals surface area contributed by atoms with E-state index in [1.165, 1.54) is 4.57 Å². The van der Waals surface area contributed by atoms with E-state index in [9.17, 15) is 9.59 Å². The van der Waals surface area contributed by atoms with Crippen LogP contribution in [-0.4, -0.2) is 46.0 Å². The highest BCUT2D eigenvalue weighted by molar-refractivity contribution is 5.78. The molecule has 9 nitrogen and oxygen atoms in total. The summed E-state index contributed by atoms with van der Waals surface area (Å²) in [5.74, 6) is 1.85. The highest BCUT2D eigenvalue weighted by Gasteiger charge is 2.21. The first kappa shape index (κ1) is 20.1. The summed E-state index contributed by atoms with van der Waals surface area (Å²) < 4.78 is 19.8. The molecule has 5 rings (SSSR count). The van der Waals surface area contributed by atoms with Gasteiger partial charge in [0, 0.05) is 19.2 Å². The molecular formula is C23H22N4O5. The quantitative estimate of drug-likeness (QED) is 0.498. The molecule has 0 amide bonds. The molecule has 0 bridgehead atoms. The number of imidazole rings is 1. The molecule has 1 aliphatic heterocycles. The molecule has 2 aromatic carbocycles. The molecule has 2 aromatic heterocycles. The number of ether oxygens (including phenoxy) is 3. The van der Waals surface area contributed by atoms with E-state index < -0.39 is 11.2 Å². The van der Waals surface area contributed by atoms with Crippen molar-refractivity contribution in [1.82, 2.24) is 19.1 Å². The Morgan fingerprint density at radius 1 is 1.03 bits per heavy atom. The summed E-state index contributed by atoms with van der Waals surface area (Å²) in [5, 5.41) is 0. The minimum atomic E-state index is -0.516. The van der Waals surface area contributed by atoms with E-state index in [-0.39, 0.29) is 6.54 Å². The number of hydrogen-bond acceptors (Lipinski definition) is 6. The Labute approximate surface area is 182 Å². The number of nitrogens with zero attached hydrogens (tertiary/aromatic N) is 3. The minimum absolute atomic E-state index is 0.269. The molecule has 0 aliphatic carbocycles. The second-order valence-corrected chi connectivity index (χ2v) is 7.44. The van der Waals surface area contributed by atoms with Gasteiger partial charge in [-0.25, -0.2) is 9.78 Å². The van der Waals surface area contributed by atoms with Crippen molar-refractivity contribution in [2.45, 2.75) is 13.1 Å². The number of aromatic nitrogens is 4. The lowest BCUT2D eigenvalue weighted by molar-refractivity contribution is 0.171. The molecule has 1 N–H and O–H groups in total. The van der Waals surface area contributed by atoms with Gasteiger partial charge in [0.1, 0.15) is 19.0 Å². The molecule has 0 radical (unpaired) electrons. The second kappa shape index (κ2) is 8.35. The van der Waals surface area contributed by atoms with Gasteiger partial charge in [-0.1, -0.05) is 30.3 Å². The molecule has 4 aromatic rings. The maximum absolute atomic E-state index is 12.9. The van der Waals surface area contributed by atoms with Crippen molar-refractivity contribution in [2.24, 2.45) is 0 Å². The van der Waals surface area contributed by atoms with Gasteiger partial charge in [0.05, 0.1) is 13.2 Å². The van der Waals surface area contributed by atoms with E-state index in [1.807, 2.05) is 53.1 Å². The van der Waals surface area contributed by atoms with Gasteiger partial charge in [-0.15, -0.1) is 0 Å². The molecule has 0 unspecified atom stereocenters. The lowest BCUT2D eigenvalue weighted by Crippen LogP contribution is -2.32. The average Bonchev–Trinajstić information content (AvgIpc) is 3.18. The van der Waals surface area contributed by atoms with Crippen molar-refractivity contribution >= 4 is 11.2 Å². The molecule has 0 fully saturated rings.